The number of aromatic amines is 2. The summed E-state index contributed by atoms with van der Waals surface area (Å²) in [5, 5.41) is 4.05. The monoisotopic (exact) mass is 318 g/mol. The lowest BCUT2D eigenvalue weighted by atomic mass is 10.1. The second-order valence-corrected chi connectivity index (χ2v) is 5.93. The van der Waals surface area contributed by atoms with Crippen LogP contribution in [0.5, 0.6) is 0 Å². The van der Waals surface area contributed by atoms with Gasteiger partial charge in [0.2, 0.25) is 5.91 Å². The molecule has 2 heterocycles. The van der Waals surface area contributed by atoms with E-state index in [9.17, 15) is 4.79 Å². The van der Waals surface area contributed by atoms with Crippen molar-refractivity contribution in [3.8, 4) is 0 Å². The van der Waals surface area contributed by atoms with Gasteiger partial charge in [-0.05, 0) is 30.7 Å². The lowest BCUT2D eigenvalue weighted by Gasteiger charge is -2.04. The van der Waals surface area contributed by atoms with E-state index in [1.54, 1.807) is 0 Å². The Morgan fingerprint density at radius 3 is 2.62 bits per heavy atom. The molecule has 3 N–H and O–H groups in total. The van der Waals surface area contributed by atoms with Gasteiger partial charge in [0.1, 0.15) is 5.82 Å². The first-order valence-corrected chi connectivity index (χ1v) is 7.97. The van der Waals surface area contributed by atoms with Gasteiger partial charge in [0.25, 0.3) is 0 Å². The van der Waals surface area contributed by atoms with Gasteiger partial charge in [-0.25, -0.2) is 4.98 Å². The molecule has 5 nitrogen and oxygen atoms in total. The van der Waals surface area contributed by atoms with E-state index in [1.807, 2.05) is 55.5 Å². The summed E-state index contributed by atoms with van der Waals surface area (Å²) in [6.07, 6.45) is 0.357. The third-order valence-electron chi connectivity index (χ3n) is 4.26. The standard InChI is InChI=1S/C19H18N4O/c1-12-14(13-6-2-3-7-15(13)21-12)10-19(24)20-11-18-22-16-8-4-5-9-17(16)23-18/h2-9,21H,10-11H2,1H3,(H,20,24)(H,22,23). The number of aromatic nitrogens is 3. The van der Waals surface area contributed by atoms with Crippen molar-refractivity contribution in [1.82, 2.24) is 20.3 Å². The molecular weight excluding hydrogens is 300 g/mol. The van der Waals surface area contributed by atoms with Gasteiger partial charge in [-0.2, -0.15) is 0 Å². The molecular formula is C19H18N4O. The smallest absolute Gasteiger partial charge is 0.224 e. The van der Waals surface area contributed by atoms with Crippen molar-refractivity contribution in [3.05, 3.63) is 65.6 Å². The summed E-state index contributed by atoms with van der Waals surface area (Å²) in [5.74, 6) is 0.753. The number of imidazole rings is 1. The number of hydrogen-bond donors (Lipinski definition) is 3. The highest BCUT2D eigenvalue weighted by Crippen LogP contribution is 2.22. The maximum atomic E-state index is 12.3. The number of carbonyl (C=O) groups is 1. The van der Waals surface area contributed by atoms with Crippen LogP contribution in [0.3, 0.4) is 0 Å². The minimum atomic E-state index is -0.0108. The molecule has 1 amide bonds. The van der Waals surface area contributed by atoms with Crippen molar-refractivity contribution in [2.24, 2.45) is 0 Å². The summed E-state index contributed by atoms with van der Waals surface area (Å²) in [6, 6.07) is 15.9. The van der Waals surface area contributed by atoms with Crippen LogP contribution in [-0.4, -0.2) is 20.9 Å². The quantitative estimate of drug-likeness (QED) is 0.540. The summed E-state index contributed by atoms with van der Waals surface area (Å²) in [6.45, 7) is 2.40. The molecule has 0 unspecified atom stereocenters. The average Bonchev–Trinajstić information content (AvgIpc) is 3.14. The molecule has 0 aliphatic rings. The number of fused-ring (bicyclic) bond motifs is 2. The Morgan fingerprint density at radius 1 is 1.04 bits per heavy atom. The van der Waals surface area contributed by atoms with E-state index in [0.29, 0.717) is 13.0 Å². The third-order valence-corrected chi connectivity index (χ3v) is 4.26. The lowest BCUT2D eigenvalue weighted by Crippen LogP contribution is -2.25. The molecule has 0 radical (unpaired) electrons. The Balaban J connectivity index is 1.47. The van der Waals surface area contributed by atoms with Gasteiger partial charge >= 0.3 is 0 Å². The SMILES string of the molecule is Cc1[nH]c2ccccc2c1CC(=O)NCc1nc2ccccc2[nH]1. The molecule has 0 aliphatic carbocycles. The van der Waals surface area contributed by atoms with Crippen molar-refractivity contribution in [2.45, 2.75) is 19.9 Å². The van der Waals surface area contributed by atoms with Crippen molar-refractivity contribution in [2.75, 3.05) is 0 Å². The molecule has 0 saturated carbocycles. The Bertz CT molecular complexity index is 995. The molecule has 120 valence electrons. The predicted octanol–water partition coefficient (Wildman–Crippen LogP) is 3.21. The second kappa shape index (κ2) is 5.85. The zero-order chi connectivity index (χ0) is 16.5. The molecule has 0 spiro atoms. The molecule has 4 aromatic rings. The van der Waals surface area contributed by atoms with Crippen LogP contribution in [0, 0.1) is 6.92 Å². The average molecular weight is 318 g/mol. The third kappa shape index (κ3) is 2.65. The molecule has 2 aromatic carbocycles. The molecule has 2 aromatic heterocycles. The van der Waals surface area contributed by atoms with E-state index >= 15 is 0 Å². The molecule has 5 heteroatoms. The number of H-pyrrole nitrogens is 2. The molecule has 0 aliphatic heterocycles. The van der Waals surface area contributed by atoms with Crippen LogP contribution in [0.1, 0.15) is 17.1 Å². The molecule has 24 heavy (non-hydrogen) atoms. The Hall–Kier alpha value is -3.08. The minimum absolute atomic E-state index is 0.0108. The molecule has 0 saturated heterocycles. The number of benzene rings is 2. The van der Waals surface area contributed by atoms with Crippen molar-refractivity contribution in [1.29, 1.82) is 0 Å². The van der Waals surface area contributed by atoms with Crippen molar-refractivity contribution >= 4 is 27.8 Å². The number of nitrogens with zero attached hydrogens (tertiary/aromatic N) is 1. The van der Waals surface area contributed by atoms with Crippen LogP contribution < -0.4 is 5.32 Å². The summed E-state index contributed by atoms with van der Waals surface area (Å²) in [4.78, 5) is 23.3. The molecule has 0 bridgehead atoms. The topological polar surface area (TPSA) is 73.6 Å². The maximum absolute atomic E-state index is 12.3. The molecule has 0 atom stereocenters. The second-order valence-electron chi connectivity index (χ2n) is 5.93. The first-order chi connectivity index (χ1) is 11.7. The number of amides is 1. The molecule has 0 fully saturated rings. The summed E-state index contributed by atoms with van der Waals surface area (Å²) < 4.78 is 0. The van der Waals surface area contributed by atoms with Crippen LogP contribution in [0.15, 0.2) is 48.5 Å². The highest BCUT2D eigenvalue weighted by atomic mass is 16.1. The summed E-state index contributed by atoms with van der Waals surface area (Å²) in [7, 11) is 0. The van der Waals surface area contributed by atoms with Gasteiger partial charge in [-0.1, -0.05) is 30.3 Å². The van der Waals surface area contributed by atoms with E-state index in [2.05, 4.69) is 20.3 Å². The number of hydrogen-bond acceptors (Lipinski definition) is 2. The highest BCUT2D eigenvalue weighted by Gasteiger charge is 2.12. The van der Waals surface area contributed by atoms with Crippen LogP contribution in [0.2, 0.25) is 0 Å². The minimum Gasteiger partial charge on any atom is -0.358 e. The highest BCUT2D eigenvalue weighted by molar-refractivity contribution is 5.90. The largest absolute Gasteiger partial charge is 0.358 e. The summed E-state index contributed by atoms with van der Waals surface area (Å²) in [5.41, 5.74) is 5.04. The first kappa shape index (κ1) is 14.5. The van der Waals surface area contributed by atoms with Crippen LogP contribution in [0.4, 0.5) is 0 Å². The van der Waals surface area contributed by atoms with Gasteiger partial charge in [-0.3, -0.25) is 4.79 Å². The van der Waals surface area contributed by atoms with E-state index in [1.165, 1.54) is 0 Å². The first-order valence-electron chi connectivity index (χ1n) is 7.97. The van der Waals surface area contributed by atoms with Gasteiger partial charge in [0.15, 0.2) is 0 Å². The lowest BCUT2D eigenvalue weighted by molar-refractivity contribution is -0.120. The number of nitrogens with one attached hydrogen (secondary N) is 3. The number of carbonyl (C=O) groups excluding carboxylic acids is 1. The maximum Gasteiger partial charge on any atom is 0.224 e. The molecule has 4 rings (SSSR count). The Kier molecular flexibility index (Phi) is 3.54. The van der Waals surface area contributed by atoms with Crippen LogP contribution in [-0.2, 0) is 17.8 Å². The van der Waals surface area contributed by atoms with Gasteiger partial charge < -0.3 is 15.3 Å². The fourth-order valence-corrected chi connectivity index (χ4v) is 3.06. The van der Waals surface area contributed by atoms with E-state index in [4.69, 9.17) is 0 Å². The number of para-hydroxylation sites is 3. The van der Waals surface area contributed by atoms with E-state index < -0.39 is 0 Å². The van der Waals surface area contributed by atoms with Gasteiger partial charge in [0, 0.05) is 16.6 Å². The van der Waals surface area contributed by atoms with Crippen LogP contribution >= 0.6 is 0 Å². The van der Waals surface area contributed by atoms with Gasteiger partial charge in [-0.15, -0.1) is 0 Å². The zero-order valence-corrected chi connectivity index (χ0v) is 13.4. The van der Waals surface area contributed by atoms with Crippen molar-refractivity contribution < 1.29 is 4.79 Å². The number of aryl methyl sites for hydroxylation is 1. The predicted molar refractivity (Wildman–Crippen MR) is 94.7 cm³/mol. The summed E-state index contributed by atoms with van der Waals surface area (Å²) >= 11 is 0. The number of rotatable bonds is 4. The fraction of sp³-hybridized carbons (Fsp3) is 0.158. The normalized spacial score (nSPS) is 11.2. The van der Waals surface area contributed by atoms with Crippen LogP contribution in [0.25, 0.3) is 21.9 Å². The zero-order valence-electron chi connectivity index (χ0n) is 13.4. The van der Waals surface area contributed by atoms with E-state index in [0.717, 1.165) is 39.0 Å². The van der Waals surface area contributed by atoms with Gasteiger partial charge in [0.05, 0.1) is 24.0 Å². The Labute approximate surface area is 139 Å². The van der Waals surface area contributed by atoms with E-state index in [-0.39, 0.29) is 5.91 Å². The fourth-order valence-electron chi connectivity index (χ4n) is 3.06. The Morgan fingerprint density at radius 2 is 1.79 bits per heavy atom. The van der Waals surface area contributed by atoms with Crippen molar-refractivity contribution in [3.63, 3.8) is 0 Å².